The zero-order valence-electron chi connectivity index (χ0n) is 11.2. The van der Waals surface area contributed by atoms with Gasteiger partial charge in [0.2, 0.25) is 0 Å². The molecule has 0 saturated heterocycles. The van der Waals surface area contributed by atoms with Gasteiger partial charge in [-0.05, 0) is 23.8 Å². The van der Waals surface area contributed by atoms with Gasteiger partial charge in [0.15, 0.2) is 0 Å². The number of hydrogen-bond acceptors (Lipinski definition) is 2. The Morgan fingerprint density at radius 1 is 0.810 bits per heavy atom. The number of benzene rings is 2. The van der Waals surface area contributed by atoms with E-state index >= 15 is 0 Å². The zero-order valence-corrected chi connectivity index (χ0v) is 11.2. The van der Waals surface area contributed by atoms with Crippen molar-refractivity contribution in [3.8, 4) is 0 Å². The second-order valence-corrected chi connectivity index (χ2v) is 4.18. The molecule has 2 aromatic carbocycles. The lowest BCUT2D eigenvalue weighted by atomic mass is 10.2. The summed E-state index contributed by atoms with van der Waals surface area (Å²) in [6, 6.07) is 17.8. The highest BCUT2D eigenvalue weighted by molar-refractivity contribution is 5.95. The summed E-state index contributed by atoms with van der Waals surface area (Å²) in [4.78, 5) is 23.1. The Balaban J connectivity index is 1.76. The van der Waals surface area contributed by atoms with Crippen LogP contribution in [-0.4, -0.2) is 11.9 Å². The molecule has 2 rings (SSSR count). The number of carbonyl (C=O) groups is 2. The van der Waals surface area contributed by atoms with Gasteiger partial charge in [-0.2, -0.15) is 0 Å². The molecule has 0 aromatic heterocycles. The fourth-order valence-electron chi connectivity index (χ4n) is 1.58. The molecule has 3 N–H and O–H groups in total. The normalized spacial score (nSPS) is 10.1. The first kappa shape index (κ1) is 14.3. The third-order valence-electron chi connectivity index (χ3n) is 2.56. The summed E-state index contributed by atoms with van der Waals surface area (Å²) in [6.45, 7) is 0. The standard InChI is InChI=1S/C16H15N3O2/c20-15(12-11-13-7-3-1-4-8-13)18-19-16(21)17-14-9-5-2-6-10-14/h1-12H,(H,18,20)(H2,17,19,21). The minimum atomic E-state index is -0.511. The summed E-state index contributed by atoms with van der Waals surface area (Å²) >= 11 is 0. The minimum absolute atomic E-state index is 0.415. The molecule has 0 fully saturated rings. The van der Waals surface area contributed by atoms with Gasteiger partial charge in [-0.3, -0.25) is 10.2 Å². The van der Waals surface area contributed by atoms with E-state index in [9.17, 15) is 9.59 Å². The summed E-state index contributed by atoms with van der Waals surface area (Å²) in [7, 11) is 0. The molecule has 0 unspecified atom stereocenters. The van der Waals surface area contributed by atoms with Crippen LogP contribution in [0.15, 0.2) is 66.7 Å². The molecule has 0 atom stereocenters. The largest absolute Gasteiger partial charge is 0.337 e. The topological polar surface area (TPSA) is 70.2 Å². The first-order chi connectivity index (χ1) is 10.2. The second-order valence-electron chi connectivity index (χ2n) is 4.18. The highest BCUT2D eigenvalue weighted by Crippen LogP contribution is 2.03. The van der Waals surface area contributed by atoms with Crippen molar-refractivity contribution < 1.29 is 9.59 Å². The average Bonchev–Trinajstić information content (AvgIpc) is 2.53. The van der Waals surface area contributed by atoms with Crippen molar-refractivity contribution in [3.05, 3.63) is 72.3 Å². The van der Waals surface area contributed by atoms with E-state index < -0.39 is 11.9 Å². The minimum Gasteiger partial charge on any atom is -0.307 e. The Hall–Kier alpha value is -3.08. The Kier molecular flexibility index (Phi) is 5.11. The molecular weight excluding hydrogens is 266 g/mol. The van der Waals surface area contributed by atoms with Crippen LogP contribution in [0.25, 0.3) is 6.08 Å². The summed E-state index contributed by atoms with van der Waals surface area (Å²) in [5.74, 6) is -0.415. The van der Waals surface area contributed by atoms with Crippen molar-refractivity contribution in [2.24, 2.45) is 0 Å². The van der Waals surface area contributed by atoms with Crippen LogP contribution >= 0.6 is 0 Å². The summed E-state index contributed by atoms with van der Waals surface area (Å²) in [6.07, 6.45) is 3.00. The Bertz CT molecular complexity index is 624. The van der Waals surface area contributed by atoms with E-state index in [4.69, 9.17) is 0 Å². The van der Waals surface area contributed by atoms with Crippen molar-refractivity contribution in [1.29, 1.82) is 0 Å². The molecule has 0 saturated carbocycles. The summed E-state index contributed by atoms with van der Waals surface area (Å²) < 4.78 is 0. The van der Waals surface area contributed by atoms with Gasteiger partial charge in [-0.15, -0.1) is 0 Å². The molecule has 3 amide bonds. The highest BCUT2D eigenvalue weighted by Gasteiger charge is 2.01. The number of anilines is 1. The van der Waals surface area contributed by atoms with Crippen LogP contribution in [0.5, 0.6) is 0 Å². The zero-order chi connectivity index (χ0) is 14.9. The van der Waals surface area contributed by atoms with Gasteiger partial charge in [-0.25, -0.2) is 10.2 Å². The predicted octanol–water partition coefficient (Wildman–Crippen LogP) is 2.55. The van der Waals surface area contributed by atoms with Gasteiger partial charge in [0, 0.05) is 11.8 Å². The Morgan fingerprint density at radius 2 is 1.43 bits per heavy atom. The third-order valence-corrected chi connectivity index (χ3v) is 2.56. The van der Waals surface area contributed by atoms with Crippen LogP contribution < -0.4 is 16.2 Å². The maximum Gasteiger partial charge on any atom is 0.337 e. The van der Waals surface area contributed by atoms with Gasteiger partial charge in [-0.1, -0.05) is 48.5 Å². The van der Waals surface area contributed by atoms with Crippen LogP contribution in [0, 0.1) is 0 Å². The predicted molar refractivity (Wildman–Crippen MR) is 82.2 cm³/mol. The molecule has 106 valence electrons. The maximum absolute atomic E-state index is 11.5. The van der Waals surface area contributed by atoms with Crippen LogP contribution in [0.4, 0.5) is 10.5 Å². The van der Waals surface area contributed by atoms with Gasteiger partial charge in [0.05, 0.1) is 0 Å². The summed E-state index contributed by atoms with van der Waals surface area (Å²) in [5, 5.41) is 2.58. The van der Waals surface area contributed by atoms with Crippen LogP contribution in [0.1, 0.15) is 5.56 Å². The molecule has 0 bridgehead atoms. The van der Waals surface area contributed by atoms with E-state index in [2.05, 4.69) is 16.2 Å². The second kappa shape index (κ2) is 7.49. The van der Waals surface area contributed by atoms with E-state index in [1.165, 1.54) is 6.08 Å². The van der Waals surface area contributed by atoms with E-state index in [-0.39, 0.29) is 0 Å². The molecule has 0 radical (unpaired) electrons. The summed E-state index contributed by atoms with van der Waals surface area (Å²) in [5.41, 5.74) is 6.10. The van der Waals surface area contributed by atoms with Crippen LogP contribution in [0.2, 0.25) is 0 Å². The molecule has 21 heavy (non-hydrogen) atoms. The lowest BCUT2D eigenvalue weighted by Crippen LogP contribution is -2.43. The molecule has 0 spiro atoms. The van der Waals surface area contributed by atoms with Gasteiger partial charge < -0.3 is 5.32 Å². The lowest BCUT2D eigenvalue weighted by molar-refractivity contribution is -0.117. The molecular formula is C16H15N3O2. The number of hydrogen-bond donors (Lipinski definition) is 3. The lowest BCUT2D eigenvalue weighted by Gasteiger charge is -2.07. The fourth-order valence-corrected chi connectivity index (χ4v) is 1.58. The van der Waals surface area contributed by atoms with Crippen molar-refractivity contribution in [2.75, 3.05) is 5.32 Å². The van der Waals surface area contributed by atoms with Crippen molar-refractivity contribution >= 4 is 23.7 Å². The van der Waals surface area contributed by atoms with Crippen LogP contribution in [0.3, 0.4) is 0 Å². The monoisotopic (exact) mass is 281 g/mol. The number of rotatable bonds is 3. The molecule has 5 heteroatoms. The van der Waals surface area contributed by atoms with Crippen molar-refractivity contribution in [2.45, 2.75) is 0 Å². The Labute approximate surface area is 122 Å². The van der Waals surface area contributed by atoms with Crippen LogP contribution in [-0.2, 0) is 4.79 Å². The van der Waals surface area contributed by atoms with E-state index in [0.29, 0.717) is 5.69 Å². The SMILES string of the molecule is O=C(C=Cc1ccccc1)NNC(=O)Nc1ccccc1. The number of hydrazine groups is 1. The third kappa shape index (κ3) is 5.20. The number of nitrogens with one attached hydrogen (secondary N) is 3. The number of carbonyl (C=O) groups excluding carboxylic acids is 2. The molecule has 2 aromatic rings. The first-order valence-electron chi connectivity index (χ1n) is 6.39. The fraction of sp³-hybridized carbons (Fsp3) is 0. The van der Waals surface area contributed by atoms with Gasteiger partial charge in [0.25, 0.3) is 5.91 Å². The average molecular weight is 281 g/mol. The van der Waals surface area contributed by atoms with E-state index in [1.807, 2.05) is 36.4 Å². The van der Waals surface area contributed by atoms with Gasteiger partial charge >= 0.3 is 6.03 Å². The van der Waals surface area contributed by atoms with Gasteiger partial charge in [0.1, 0.15) is 0 Å². The first-order valence-corrected chi connectivity index (χ1v) is 6.39. The smallest absolute Gasteiger partial charge is 0.307 e. The molecule has 0 aliphatic heterocycles. The van der Waals surface area contributed by atoms with E-state index in [0.717, 1.165) is 5.56 Å². The molecule has 5 nitrogen and oxygen atoms in total. The number of urea groups is 1. The maximum atomic E-state index is 11.5. The highest BCUT2D eigenvalue weighted by atomic mass is 16.2. The molecule has 0 aliphatic rings. The van der Waals surface area contributed by atoms with Crippen molar-refractivity contribution in [3.63, 3.8) is 0 Å². The molecule has 0 heterocycles. The Morgan fingerprint density at radius 3 is 2.10 bits per heavy atom. The van der Waals surface area contributed by atoms with Crippen molar-refractivity contribution in [1.82, 2.24) is 10.9 Å². The quantitative estimate of drug-likeness (QED) is 0.597. The number of para-hydroxylation sites is 1. The molecule has 0 aliphatic carbocycles. The van der Waals surface area contributed by atoms with E-state index in [1.54, 1.807) is 30.3 Å². The number of amides is 3.